The minimum atomic E-state index is -0.0196. The Kier molecular flexibility index (Phi) is 5.71. The molecule has 3 aromatic rings. The number of ether oxygens (including phenoxy) is 1. The lowest BCUT2D eigenvalue weighted by Gasteiger charge is -2.27. The summed E-state index contributed by atoms with van der Waals surface area (Å²) in [4.78, 5) is 6.83. The van der Waals surface area contributed by atoms with E-state index < -0.39 is 0 Å². The van der Waals surface area contributed by atoms with E-state index in [0.717, 1.165) is 40.2 Å². The largest absolute Gasteiger partial charge is 0.495 e. The number of hydrogen-bond acceptors (Lipinski definition) is 3. The Balaban J connectivity index is 1.87. The molecule has 2 aromatic heterocycles. The highest BCUT2D eigenvalue weighted by atomic mass is 35.5. The Morgan fingerprint density at radius 2 is 2.00 bits per heavy atom. The van der Waals surface area contributed by atoms with E-state index >= 15 is 0 Å². The van der Waals surface area contributed by atoms with Crippen molar-refractivity contribution in [1.82, 2.24) is 19.8 Å². The van der Waals surface area contributed by atoms with Crippen LogP contribution in [0.3, 0.4) is 0 Å². The first-order valence-corrected chi connectivity index (χ1v) is 10.8. The predicted molar refractivity (Wildman–Crippen MR) is 125 cm³/mol. The van der Waals surface area contributed by atoms with Gasteiger partial charge in [0.25, 0.3) is 0 Å². The van der Waals surface area contributed by atoms with E-state index in [4.69, 9.17) is 28.6 Å². The summed E-state index contributed by atoms with van der Waals surface area (Å²) in [5.41, 5.74) is 5.35. The van der Waals surface area contributed by atoms with E-state index in [2.05, 4.69) is 46.6 Å². The number of aryl methyl sites for hydroxylation is 1. The number of halogens is 1. The van der Waals surface area contributed by atoms with Crippen molar-refractivity contribution >= 4 is 28.9 Å². The molecular weight excluding hydrogens is 416 g/mol. The molecule has 1 fully saturated rings. The van der Waals surface area contributed by atoms with Crippen LogP contribution in [-0.2, 0) is 0 Å². The van der Waals surface area contributed by atoms with Crippen LogP contribution in [0.2, 0.25) is 5.02 Å². The molecule has 7 heteroatoms. The van der Waals surface area contributed by atoms with E-state index in [1.807, 2.05) is 42.6 Å². The van der Waals surface area contributed by atoms with E-state index in [-0.39, 0.29) is 12.1 Å². The zero-order valence-corrected chi connectivity index (χ0v) is 19.1. The van der Waals surface area contributed by atoms with Crippen molar-refractivity contribution in [2.45, 2.75) is 32.9 Å². The van der Waals surface area contributed by atoms with Gasteiger partial charge in [-0.15, -0.1) is 0 Å². The fraction of sp³-hybridized carbons (Fsp3) is 0.304. The molecule has 4 rings (SSSR count). The van der Waals surface area contributed by atoms with Gasteiger partial charge in [0, 0.05) is 29.2 Å². The summed E-state index contributed by atoms with van der Waals surface area (Å²) in [7, 11) is 1.68. The van der Waals surface area contributed by atoms with Gasteiger partial charge in [0.05, 0.1) is 30.6 Å². The fourth-order valence-corrected chi connectivity index (χ4v) is 4.92. The summed E-state index contributed by atoms with van der Waals surface area (Å²) in [6.07, 6.45) is 1.83. The number of aromatic nitrogens is 2. The van der Waals surface area contributed by atoms with Gasteiger partial charge < -0.3 is 19.5 Å². The number of thiocarbonyl (C=S) groups is 1. The molecule has 0 radical (unpaired) electrons. The van der Waals surface area contributed by atoms with Gasteiger partial charge in [0.15, 0.2) is 5.11 Å². The minimum absolute atomic E-state index is 0.0196. The maximum Gasteiger partial charge on any atom is 0.170 e. The number of likely N-dealkylation sites (N-methyl/N-ethyl adjacent to an activating group) is 1. The Hall–Kier alpha value is -2.57. The minimum Gasteiger partial charge on any atom is -0.495 e. The Labute approximate surface area is 187 Å². The standard InChI is InChI=1S/C23H25ClN4OS/c1-5-27-22(21(26-23(27)30)18-8-6-7-11-25-18)17-12-14(2)28(15(17)3)19-13-16(24)9-10-20(19)29-4/h6-13,21-22H,5H2,1-4H3,(H,26,30). The average molecular weight is 441 g/mol. The van der Waals surface area contributed by atoms with E-state index in [0.29, 0.717) is 5.02 Å². The molecule has 0 bridgehead atoms. The second kappa shape index (κ2) is 8.28. The Morgan fingerprint density at radius 1 is 1.20 bits per heavy atom. The smallest absolute Gasteiger partial charge is 0.170 e. The van der Waals surface area contributed by atoms with Crippen LogP contribution in [0, 0.1) is 13.8 Å². The van der Waals surface area contributed by atoms with E-state index in [1.54, 1.807) is 7.11 Å². The van der Waals surface area contributed by atoms with Crippen molar-refractivity contribution in [2.24, 2.45) is 0 Å². The lowest BCUT2D eigenvalue weighted by Crippen LogP contribution is -2.29. The van der Waals surface area contributed by atoms with Gasteiger partial charge in [-0.2, -0.15) is 0 Å². The summed E-state index contributed by atoms with van der Waals surface area (Å²) in [6.45, 7) is 7.17. The highest BCUT2D eigenvalue weighted by molar-refractivity contribution is 7.80. The first-order chi connectivity index (χ1) is 14.5. The highest BCUT2D eigenvalue weighted by Crippen LogP contribution is 2.42. The number of benzene rings is 1. The van der Waals surface area contributed by atoms with Crippen molar-refractivity contribution in [2.75, 3.05) is 13.7 Å². The molecule has 0 saturated carbocycles. The molecule has 0 spiro atoms. The molecule has 1 saturated heterocycles. The Morgan fingerprint density at radius 3 is 2.67 bits per heavy atom. The molecule has 0 aliphatic carbocycles. The topological polar surface area (TPSA) is 42.3 Å². The number of nitrogens with zero attached hydrogens (tertiary/aromatic N) is 3. The lowest BCUT2D eigenvalue weighted by molar-refractivity contribution is 0.329. The van der Waals surface area contributed by atoms with Crippen LogP contribution in [0.4, 0.5) is 0 Å². The molecule has 1 aliphatic heterocycles. The number of rotatable bonds is 5. The quantitative estimate of drug-likeness (QED) is 0.556. The normalized spacial score (nSPS) is 18.6. The molecule has 5 nitrogen and oxygen atoms in total. The first kappa shape index (κ1) is 20.7. The van der Waals surface area contributed by atoms with Gasteiger partial charge in [-0.05, 0) is 75.0 Å². The fourth-order valence-electron chi connectivity index (χ4n) is 4.38. The zero-order chi connectivity index (χ0) is 21.4. The third-order valence-electron chi connectivity index (χ3n) is 5.71. The van der Waals surface area contributed by atoms with Crippen molar-refractivity contribution in [1.29, 1.82) is 0 Å². The predicted octanol–water partition coefficient (Wildman–Crippen LogP) is 5.14. The third kappa shape index (κ3) is 3.44. The van der Waals surface area contributed by atoms with Gasteiger partial charge in [-0.25, -0.2) is 0 Å². The SMILES string of the molecule is CCN1C(=S)NC(c2ccccn2)C1c1cc(C)n(-c2cc(Cl)ccc2OC)c1C. The first-order valence-electron chi connectivity index (χ1n) is 9.97. The summed E-state index contributed by atoms with van der Waals surface area (Å²) >= 11 is 12.0. The second-order valence-electron chi connectivity index (χ2n) is 7.39. The number of hydrogen-bond donors (Lipinski definition) is 1. The maximum absolute atomic E-state index is 6.32. The molecule has 30 heavy (non-hydrogen) atoms. The molecule has 0 amide bonds. The van der Waals surface area contributed by atoms with Crippen LogP contribution >= 0.6 is 23.8 Å². The van der Waals surface area contributed by atoms with Crippen LogP contribution in [0.25, 0.3) is 5.69 Å². The van der Waals surface area contributed by atoms with Gasteiger partial charge >= 0.3 is 0 Å². The van der Waals surface area contributed by atoms with Gasteiger partial charge in [0.1, 0.15) is 5.75 Å². The second-order valence-corrected chi connectivity index (χ2v) is 8.21. The summed E-state index contributed by atoms with van der Waals surface area (Å²) in [6, 6.07) is 13.9. The van der Waals surface area contributed by atoms with Crippen molar-refractivity contribution in [3.63, 3.8) is 0 Å². The van der Waals surface area contributed by atoms with Crippen molar-refractivity contribution < 1.29 is 4.74 Å². The molecule has 3 heterocycles. The van der Waals surface area contributed by atoms with Gasteiger partial charge in [0.2, 0.25) is 0 Å². The highest BCUT2D eigenvalue weighted by Gasteiger charge is 2.40. The van der Waals surface area contributed by atoms with E-state index in [1.165, 1.54) is 5.56 Å². The molecule has 156 valence electrons. The molecule has 1 aliphatic rings. The molecule has 1 N–H and O–H groups in total. The monoisotopic (exact) mass is 440 g/mol. The van der Waals surface area contributed by atoms with Crippen LogP contribution in [0.15, 0.2) is 48.7 Å². The van der Waals surface area contributed by atoms with Crippen LogP contribution in [0.1, 0.15) is 41.7 Å². The molecule has 2 atom stereocenters. The third-order valence-corrected chi connectivity index (χ3v) is 6.30. The number of methoxy groups -OCH3 is 1. The molecule has 2 unspecified atom stereocenters. The summed E-state index contributed by atoms with van der Waals surface area (Å²) in [5, 5.41) is 4.91. The Bertz CT molecular complexity index is 1080. The number of nitrogens with one attached hydrogen (secondary N) is 1. The number of pyridine rings is 1. The van der Waals surface area contributed by atoms with E-state index in [9.17, 15) is 0 Å². The van der Waals surface area contributed by atoms with Crippen molar-refractivity contribution in [3.8, 4) is 11.4 Å². The lowest BCUT2D eigenvalue weighted by atomic mass is 9.97. The molecular formula is C23H25ClN4OS. The summed E-state index contributed by atoms with van der Waals surface area (Å²) in [5.74, 6) is 0.779. The van der Waals surface area contributed by atoms with Crippen molar-refractivity contribution in [3.05, 3.63) is 76.3 Å². The summed E-state index contributed by atoms with van der Waals surface area (Å²) < 4.78 is 7.82. The molecule has 1 aromatic carbocycles. The van der Waals surface area contributed by atoms with Crippen LogP contribution < -0.4 is 10.1 Å². The maximum atomic E-state index is 6.32. The zero-order valence-electron chi connectivity index (χ0n) is 17.5. The van der Waals surface area contributed by atoms with Gasteiger partial charge in [-0.3, -0.25) is 4.98 Å². The average Bonchev–Trinajstić information content (AvgIpc) is 3.23. The van der Waals surface area contributed by atoms with Crippen LogP contribution in [-0.4, -0.2) is 33.2 Å². The van der Waals surface area contributed by atoms with Crippen LogP contribution in [0.5, 0.6) is 5.75 Å². The van der Waals surface area contributed by atoms with Gasteiger partial charge in [-0.1, -0.05) is 17.7 Å².